The fraction of sp³-hybridized carbons (Fsp3) is 0.591. The zero-order chi connectivity index (χ0) is 21.9. The van der Waals surface area contributed by atoms with E-state index in [1.165, 1.54) is 16.0 Å². The maximum atomic E-state index is 4.79. The lowest BCUT2D eigenvalue weighted by atomic mass is 10.1. The number of halogens is 1. The molecule has 0 fully saturated rings. The molecule has 0 bridgehead atoms. The number of thioether (sulfide) groups is 2. The predicted molar refractivity (Wildman–Crippen MR) is 146 cm³/mol. The minimum atomic E-state index is 0. The number of hydrogen-bond donors (Lipinski definition) is 2. The second-order valence-corrected chi connectivity index (χ2v) is 9.27. The van der Waals surface area contributed by atoms with Crippen molar-refractivity contribution < 1.29 is 0 Å². The van der Waals surface area contributed by atoms with Gasteiger partial charge in [-0.15, -0.1) is 45.9 Å². The number of guanidine groups is 1. The fourth-order valence-corrected chi connectivity index (χ4v) is 4.37. The van der Waals surface area contributed by atoms with Gasteiger partial charge in [-0.25, -0.2) is 4.99 Å². The zero-order valence-electron chi connectivity index (χ0n) is 19.6. The molecule has 2 N–H and O–H groups in total. The fourth-order valence-electron chi connectivity index (χ4n) is 3.15. The molecule has 0 amide bonds. The van der Waals surface area contributed by atoms with Crippen molar-refractivity contribution in [2.45, 2.75) is 63.7 Å². The van der Waals surface area contributed by atoms with Crippen LogP contribution in [0.15, 0.2) is 33.2 Å². The molecule has 0 saturated heterocycles. The normalized spacial score (nSPS) is 11.5. The van der Waals surface area contributed by atoms with Crippen LogP contribution in [0.3, 0.4) is 0 Å². The molecular formula is C22H37IN6S2. The van der Waals surface area contributed by atoms with Crippen LogP contribution in [0.25, 0.3) is 0 Å². The quantitative estimate of drug-likeness (QED) is 0.129. The van der Waals surface area contributed by atoms with Crippen LogP contribution in [0.4, 0.5) is 0 Å². The average Bonchev–Trinajstić information content (AvgIpc) is 3.10. The molecule has 1 aromatic heterocycles. The highest BCUT2D eigenvalue weighted by molar-refractivity contribution is 14.0. The van der Waals surface area contributed by atoms with Crippen LogP contribution < -0.4 is 10.6 Å². The van der Waals surface area contributed by atoms with Gasteiger partial charge >= 0.3 is 0 Å². The molecular weight excluding hydrogens is 539 g/mol. The zero-order valence-corrected chi connectivity index (χ0v) is 23.5. The van der Waals surface area contributed by atoms with Crippen LogP contribution in [-0.4, -0.2) is 46.3 Å². The first-order chi connectivity index (χ1) is 14.5. The first-order valence-electron chi connectivity index (χ1n) is 10.6. The number of nitrogens with zero attached hydrogens (tertiary/aromatic N) is 4. The van der Waals surface area contributed by atoms with Gasteiger partial charge in [0.1, 0.15) is 5.82 Å². The van der Waals surface area contributed by atoms with Crippen LogP contribution >= 0.6 is 47.5 Å². The van der Waals surface area contributed by atoms with E-state index in [2.05, 4.69) is 83.8 Å². The Balaban J connectivity index is 0.00000480. The summed E-state index contributed by atoms with van der Waals surface area (Å²) in [4.78, 5) is 6.08. The largest absolute Gasteiger partial charge is 0.357 e. The summed E-state index contributed by atoms with van der Waals surface area (Å²) in [7, 11) is 0. The van der Waals surface area contributed by atoms with Crippen molar-refractivity contribution in [2.75, 3.05) is 25.6 Å². The smallest absolute Gasteiger partial charge is 0.191 e. The molecule has 2 aromatic rings. The number of aliphatic imine (C=N–C) groups is 1. The van der Waals surface area contributed by atoms with Gasteiger partial charge in [-0.2, -0.15) is 0 Å². The van der Waals surface area contributed by atoms with E-state index in [9.17, 15) is 0 Å². The number of benzene rings is 1. The predicted octanol–water partition coefficient (Wildman–Crippen LogP) is 4.99. The Labute approximate surface area is 213 Å². The van der Waals surface area contributed by atoms with Gasteiger partial charge in [0.15, 0.2) is 11.1 Å². The molecule has 0 aliphatic rings. The van der Waals surface area contributed by atoms with E-state index in [4.69, 9.17) is 4.99 Å². The van der Waals surface area contributed by atoms with Crippen LogP contribution in [0.1, 0.15) is 44.1 Å². The molecule has 1 heterocycles. The van der Waals surface area contributed by atoms with E-state index in [0.29, 0.717) is 12.5 Å². The lowest BCUT2D eigenvalue weighted by molar-refractivity contribution is 0.477. The topological polar surface area (TPSA) is 67.1 Å². The number of hydrogen-bond acceptors (Lipinski definition) is 5. The van der Waals surface area contributed by atoms with E-state index in [1.54, 1.807) is 23.5 Å². The molecule has 0 atom stereocenters. The third-order valence-electron chi connectivity index (χ3n) is 4.59. The number of aryl methyl sites for hydroxylation is 2. The molecule has 31 heavy (non-hydrogen) atoms. The van der Waals surface area contributed by atoms with Gasteiger partial charge < -0.3 is 15.2 Å². The van der Waals surface area contributed by atoms with Crippen LogP contribution in [0.5, 0.6) is 0 Å². The highest BCUT2D eigenvalue weighted by Gasteiger charge is 2.12. The van der Waals surface area contributed by atoms with Gasteiger partial charge in [0.25, 0.3) is 0 Å². The number of nitrogens with one attached hydrogen (secondary N) is 2. The maximum absolute atomic E-state index is 4.79. The molecule has 174 valence electrons. The number of rotatable bonds is 11. The summed E-state index contributed by atoms with van der Waals surface area (Å²) < 4.78 is 2.26. The molecule has 2 rings (SSSR count). The Morgan fingerprint density at radius 2 is 1.94 bits per heavy atom. The molecule has 0 aliphatic heterocycles. The maximum Gasteiger partial charge on any atom is 0.191 e. The molecule has 0 radical (unpaired) electrons. The molecule has 9 heteroatoms. The summed E-state index contributed by atoms with van der Waals surface area (Å²) in [5, 5.41) is 16.6. The van der Waals surface area contributed by atoms with Crippen molar-refractivity contribution in [3.63, 3.8) is 0 Å². The van der Waals surface area contributed by atoms with Crippen molar-refractivity contribution >= 4 is 53.5 Å². The minimum absolute atomic E-state index is 0. The molecule has 1 aromatic carbocycles. The summed E-state index contributed by atoms with van der Waals surface area (Å²) in [5.74, 6) is 2.50. The third kappa shape index (κ3) is 9.21. The van der Waals surface area contributed by atoms with E-state index in [0.717, 1.165) is 49.4 Å². The SMILES string of the molecule is CCNC(=NCc1ccc(C)cc1SC)NCCCc1nnc(SC)n1CC(C)C.I. The molecule has 0 spiro atoms. The van der Waals surface area contributed by atoms with E-state index >= 15 is 0 Å². The first-order valence-corrected chi connectivity index (χ1v) is 13.0. The molecule has 0 unspecified atom stereocenters. The highest BCUT2D eigenvalue weighted by Crippen LogP contribution is 2.22. The van der Waals surface area contributed by atoms with Crippen molar-refractivity contribution in [1.82, 2.24) is 25.4 Å². The van der Waals surface area contributed by atoms with E-state index < -0.39 is 0 Å². The third-order valence-corrected chi connectivity index (χ3v) is 6.07. The molecule has 0 aliphatic carbocycles. The average molecular weight is 577 g/mol. The summed E-state index contributed by atoms with van der Waals surface area (Å²) in [5.41, 5.74) is 2.55. The Bertz CT molecular complexity index is 822. The Morgan fingerprint density at radius 3 is 2.58 bits per heavy atom. The van der Waals surface area contributed by atoms with Crippen molar-refractivity contribution in [1.29, 1.82) is 0 Å². The Hall–Kier alpha value is -0.940. The summed E-state index contributed by atoms with van der Waals surface area (Å²) in [6.07, 6.45) is 6.06. The number of aromatic nitrogens is 3. The van der Waals surface area contributed by atoms with Crippen LogP contribution in [0.2, 0.25) is 0 Å². The van der Waals surface area contributed by atoms with Crippen molar-refractivity contribution in [2.24, 2.45) is 10.9 Å². The second-order valence-electron chi connectivity index (χ2n) is 7.65. The van der Waals surface area contributed by atoms with E-state index in [1.807, 2.05) is 0 Å². The van der Waals surface area contributed by atoms with Gasteiger partial charge in [-0.3, -0.25) is 0 Å². The lowest BCUT2D eigenvalue weighted by Gasteiger charge is -2.13. The standard InChI is InChI=1S/C22H36N6S2.HI/c1-7-23-21(25-14-18-11-10-17(4)13-19(18)29-5)24-12-8-9-20-26-27-22(30-6)28(20)15-16(2)3;/h10-11,13,16H,7-9,12,14-15H2,1-6H3,(H2,23,24,25);1H. The second kappa shape index (κ2) is 15.0. The lowest BCUT2D eigenvalue weighted by Crippen LogP contribution is -2.38. The summed E-state index contributed by atoms with van der Waals surface area (Å²) in [6, 6.07) is 6.56. The van der Waals surface area contributed by atoms with Gasteiger partial charge in [-0.05, 0) is 55.9 Å². The highest BCUT2D eigenvalue weighted by atomic mass is 127. The summed E-state index contributed by atoms with van der Waals surface area (Å²) in [6.45, 7) is 12.0. The minimum Gasteiger partial charge on any atom is -0.357 e. The van der Waals surface area contributed by atoms with Crippen molar-refractivity contribution in [3.8, 4) is 0 Å². The monoisotopic (exact) mass is 576 g/mol. The van der Waals surface area contributed by atoms with E-state index in [-0.39, 0.29) is 24.0 Å². The van der Waals surface area contributed by atoms with Gasteiger partial charge in [0, 0.05) is 31.0 Å². The van der Waals surface area contributed by atoms with Crippen molar-refractivity contribution in [3.05, 3.63) is 35.2 Å². The molecule has 6 nitrogen and oxygen atoms in total. The van der Waals surface area contributed by atoms with Crippen LogP contribution in [0, 0.1) is 12.8 Å². The van der Waals surface area contributed by atoms with Crippen LogP contribution in [-0.2, 0) is 19.5 Å². The van der Waals surface area contributed by atoms with Gasteiger partial charge in [0.2, 0.25) is 0 Å². The Morgan fingerprint density at radius 1 is 1.16 bits per heavy atom. The molecule has 0 saturated carbocycles. The van der Waals surface area contributed by atoms with Gasteiger partial charge in [-0.1, -0.05) is 37.7 Å². The van der Waals surface area contributed by atoms with Gasteiger partial charge in [0.05, 0.1) is 6.54 Å². The first kappa shape index (κ1) is 28.1. The Kier molecular flexibility index (Phi) is 13.6. The summed E-state index contributed by atoms with van der Waals surface area (Å²) >= 11 is 3.44.